The molecule has 0 radical (unpaired) electrons. The van der Waals surface area contributed by atoms with Crippen LogP contribution in [0.5, 0.6) is 0 Å². The molecular formula is C20H26N4O3. The van der Waals surface area contributed by atoms with Crippen molar-refractivity contribution in [1.82, 2.24) is 15.2 Å². The number of nitrogens with one attached hydrogen (secondary N) is 2. The number of H-pyrrole nitrogens is 1. The minimum atomic E-state index is -0.488. The van der Waals surface area contributed by atoms with Crippen LogP contribution in [0.1, 0.15) is 37.0 Å². The highest BCUT2D eigenvalue weighted by atomic mass is 16.2. The van der Waals surface area contributed by atoms with E-state index in [-0.39, 0.29) is 29.3 Å². The van der Waals surface area contributed by atoms with Crippen molar-refractivity contribution < 1.29 is 9.59 Å². The van der Waals surface area contributed by atoms with Gasteiger partial charge in [0.25, 0.3) is 11.5 Å². The molecule has 27 heavy (non-hydrogen) atoms. The van der Waals surface area contributed by atoms with Crippen molar-refractivity contribution in [3.8, 4) is 0 Å². The Morgan fingerprint density at radius 2 is 1.89 bits per heavy atom. The molecule has 2 unspecified atom stereocenters. The second kappa shape index (κ2) is 7.92. The number of amides is 2. The Morgan fingerprint density at radius 3 is 2.56 bits per heavy atom. The standard InChI is InChI=1S/C20H26N4O3/c1-12(21)20(27)24-9-7-14(8-10-24)13(2)22-18(25)16-11-15-5-3-4-6-17(15)23-19(16)26/h3-6,11-14H,7-10,21H2,1-2H3,(H,22,25)(H,23,26). The number of benzene rings is 1. The number of carbonyl (C=O) groups excluding carboxylic acids is 2. The topological polar surface area (TPSA) is 108 Å². The molecule has 1 aromatic heterocycles. The Balaban J connectivity index is 1.64. The van der Waals surface area contributed by atoms with E-state index in [0.29, 0.717) is 18.6 Å². The molecule has 1 aromatic carbocycles. The van der Waals surface area contributed by atoms with Crippen molar-refractivity contribution in [1.29, 1.82) is 0 Å². The molecule has 7 nitrogen and oxygen atoms in total. The maximum absolute atomic E-state index is 12.6. The number of aromatic amines is 1. The number of hydrogen-bond acceptors (Lipinski definition) is 4. The van der Waals surface area contributed by atoms with Gasteiger partial charge in [-0.2, -0.15) is 0 Å². The minimum absolute atomic E-state index is 0.0344. The molecule has 2 aromatic rings. The summed E-state index contributed by atoms with van der Waals surface area (Å²) in [6, 6.07) is 8.41. The van der Waals surface area contributed by atoms with Crippen molar-refractivity contribution in [2.75, 3.05) is 13.1 Å². The Hall–Kier alpha value is -2.67. The monoisotopic (exact) mass is 370 g/mol. The van der Waals surface area contributed by atoms with E-state index in [0.717, 1.165) is 18.2 Å². The van der Waals surface area contributed by atoms with Crippen LogP contribution < -0.4 is 16.6 Å². The first-order chi connectivity index (χ1) is 12.9. The third-order valence-electron chi connectivity index (χ3n) is 5.30. The molecule has 0 aliphatic carbocycles. The van der Waals surface area contributed by atoms with Gasteiger partial charge in [-0.3, -0.25) is 14.4 Å². The predicted octanol–water partition coefficient (Wildman–Crippen LogP) is 1.23. The first-order valence-corrected chi connectivity index (χ1v) is 9.34. The van der Waals surface area contributed by atoms with Crippen LogP contribution in [-0.2, 0) is 4.79 Å². The van der Waals surface area contributed by atoms with Crippen LogP contribution in [0.2, 0.25) is 0 Å². The molecule has 4 N–H and O–H groups in total. The van der Waals surface area contributed by atoms with Gasteiger partial charge in [0.05, 0.1) is 6.04 Å². The summed E-state index contributed by atoms with van der Waals surface area (Å²) in [6.45, 7) is 4.92. The average Bonchev–Trinajstić information content (AvgIpc) is 2.66. The summed E-state index contributed by atoms with van der Waals surface area (Å²) >= 11 is 0. The molecule has 1 saturated heterocycles. The Kier molecular flexibility index (Phi) is 5.60. The third kappa shape index (κ3) is 4.19. The van der Waals surface area contributed by atoms with E-state index in [1.165, 1.54) is 0 Å². The summed E-state index contributed by atoms with van der Waals surface area (Å²) in [7, 11) is 0. The Labute approximate surface area is 157 Å². The number of para-hydroxylation sites is 1. The molecule has 0 saturated carbocycles. The molecule has 1 aliphatic rings. The van der Waals surface area contributed by atoms with Crippen LogP contribution in [0, 0.1) is 5.92 Å². The number of nitrogens with zero attached hydrogens (tertiary/aromatic N) is 1. The molecule has 2 atom stereocenters. The highest BCUT2D eigenvalue weighted by molar-refractivity contribution is 5.97. The van der Waals surface area contributed by atoms with Crippen LogP contribution in [0.4, 0.5) is 0 Å². The SMILES string of the molecule is CC(N)C(=O)N1CCC(C(C)NC(=O)c2cc3ccccc3[nH]c2=O)CC1. The van der Waals surface area contributed by atoms with Crippen molar-refractivity contribution in [3.63, 3.8) is 0 Å². The molecule has 0 spiro atoms. The number of pyridine rings is 1. The van der Waals surface area contributed by atoms with Crippen LogP contribution in [0.3, 0.4) is 0 Å². The van der Waals surface area contributed by atoms with E-state index in [4.69, 9.17) is 5.73 Å². The van der Waals surface area contributed by atoms with E-state index >= 15 is 0 Å². The van der Waals surface area contributed by atoms with Gasteiger partial charge in [-0.15, -0.1) is 0 Å². The Morgan fingerprint density at radius 1 is 1.22 bits per heavy atom. The summed E-state index contributed by atoms with van der Waals surface area (Å²) in [4.78, 5) is 41.4. The normalized spacial score (nSPS) is 17.5. The number of rotatable bonds is 4. The zero-order chi connectivity index (χ0) is 19.6. The zero-order valence-corrected chi connectivity index (χ0v) is 15.7. The molecule has 144 valence electrons. The highest BCUT2D eigenvalue weighted by Gasteiger charge is 2.28. The van der Waals surface area contributed by atoms with E-state index in [1.807, 2.05) is 25.1 Å². The number of carbonyl (C=O) groups is 2. The largest absolute Gasteiger partial charge is 0.349 e. The van der Waals surface area contributed by atoms with E-state index in [9.17, 15) is 14.4 Å². The van der Waals surface area contributed by atoms with Gasteiger partial charge >= 0.3 is 0 Å². The van der Waals surface area contributed by atoms with Gasteiger partial charge in [0.1, 0.15) is 5.56 Å². The third-order valence-corrected chi connectivity index (χ3v) is 5.30. The maximum Gasteiger partial charge on any atom is 0.261 e. The van der Waals surface area contributed by atoms with Crippen molar-refractivity contribution >= 4 is 22.7 Å². The molecular weight excluding hydrogens is 344 g/mol. The van der Waals surface area contributed by atoms with Crippen LogP contribution >= 0.6 is 0 Å². The summed E-state index contributed by atoms with van der Waals surface area (Å²) in [5, 5.41) is 3.77. The Bertz CT molecular complexity index is 897. The molecule has 7 heteroatoms. The van der Waals surface area contributed by atoms with Gasteiger partial charge in [-0.25, -0.2) is 0 Å². The highest BCUT2D eigenvalue weighted by Crippen LogP contribution is 2.21. The summed E-state index contributed by atoms with van der Waals surface area (Å²) < 4.78 is 0. The first kappa shape index (κ1) is 19.1. The molecule has 3 rings (SSSR count). The number of aromatic nitrogens is 1. The number of hydrogen-bond donors (Lipinski definition) is 3. The van der Waals surface area contributed by atoms with Gasteiger partial charge in [0, 0.05) is 24.6 Å². The van der Waals surface area contributed by atoms with Crippen molar-refractivity contribution in [2.45, 2.75) is 38.8 Å². The fourth-order valence-corrected chi connectivity index (χ4v) is 3.63. The second-order valence-corrected chi connectivity index (χ2v) is 7.31. The van der Waals surface area contributed by atoms with Gasteiger partial charge in [-0.1, -0.05) is 18.2 Å². The van der Waals surface area contributed by atoms with Crippen molar-refractivity contribution in [3.05, 3.63) is 46.2 Å². The lowest BCUT2D eigenvalue weighted by Gasteiger charge is -2.35. The average molecular weight is 370 g/mol. The number of piperidine rings is 1. The quantitative estimate of drug-likeness (QED) is 0.752. The smallest absolute Gasteiger partial charge is 0.261 e. The van der Waals surface area contributed by atoms with Gasteiger partial charge in [0.15, 0.2) is 0 Å². The summed E-state index contributed by atoms with van der Waals surface area (Å²) in [6.07, 6.45) is 1.60. The number of likely N-dealkylation sites (tertiary alicyclic amines) is 1. The second-order valence-electron chi connectivity index (χ2n) is 7.31. The van der Waals surface area contributed by atoms with Crippen molar-refractivity contribution in [2.24, 2.45) is 11.7 Å². The first-order valence-electron chi connectivity index (χ1n) is 9.34. The number of fused-ring (bicyclic) bond motifs is 1. The van der Waals surface area contributed by atoms with Gasteiger partial charge < -0.3 is 20.9 Å². The minimum Gasteiger partial charge on any atom is -0.349 e. The van der Waals surface area contributed by atoms with Gasteiger partial charge in [-0.05, 0) is 50.1 Å². The molecule has 0 bridgehead atoms. The molecule has 1 aliphatic heterocycles. The number of nitrogens with two attached hydrogens (primary N) is 1. The lowest BCUT2D eigenvalue weighted by Crippen LogP contribution is -2.49. The molecule has 1 fully saturated rings. The van der Waals surface area contributed by atoms with Crippen LogP contribution in [0.25, 0.3) is 10.9 Å². The van der Waals surface area contributed by atoms with E-state index < -0.39 is 11.6 Å². The molecule has 2 heterocycles. The summed E-state index contributed by atoms with van der Waals surface area (Å²) in [5.41, 5.74) is 6.09. The lowest BCUT2D eigenvalue weighted by atomic mass is 9.90. The molecule has 2 amide bonds. The fourth-order valence-electron chi connectivity index (χ4n) is 3.63. The van der Waals surface area contributed by atoms with E-state index in [1.54, 1.807) is 24.0 Å². The zero-order valence-electron chi connectivity index (χ0n) is 15.7. The fraction of sp³-hybridized carbons (Fsp3) is 0.450. The summed E-state index contributed by atoms with van der Waals surface area (Å²) in [5.74, 6) is -0.151. The van der Waals surface area contributed by atoms with E-state index in [2.05, 4.69) is 10.3 Å². The maximum atomic E-state index is 12.6. The predicted molar refractivity (Wildman–Crippen MR) is 104 cm³/mol. The van der Waals surface area contributed by atoms with Gasteiger partial charge in [0.2, 0.25) is 5.91 Å². The van der Waals surface area contributed by atoms with Crippen LogP contribution in [-0.4, -0.2) is 46.9 Å². The lowest BCUT2D eigenvalue weighted by molar-refractivity contribution is -0.133. The van der Waals surface area contributed by atoms with Crippen LogP contribution in [0.15, 0.2) is 35.1 Å².